The smallest absolute Gasteiger partial charge is 0.256 e. The number of halogens is 1. The predicted octanol–water partition coefficient (Wildman–Crippen LogP) is 5.73. The van der Waals surface area contributed by atoms with Gasteiger partial charge in [-0.25, -0.2) is 4.98 Å². The van der Waals surface area contributed by atoms with Crippen molar-refractivity contribution in [1.29, 1.82) is 0 Å². The summed E-state index contributed by atoms with van der Waals surface area (Å²) >= 11 is 6.26. The number of rotatable bonds is 5. The second-order valence-electron chi connectivity index (χ2n) is 11.2. The monoisotopic (exact) mass is 576 g/mol. The Morgan fingerprint density at radius 1 is 1.00 bits per heavy atom. The first kappa shape index (κ1) is 26.6. The molecular weight excluding hydrogens is 548 g/mol. The number of carbonyl (C=O) groups is 1. The van der Waals surface area contributed by atoms with Crippen LogP contribution >= 0.6 is 11.6 Å². The number of hydrogen-bond acceptors (Lipinski definition) is 5. The van der Waals surface area contributed by atoms with Crippen molar-refractivity contribution in [3.05, 3.63) is 129 Å². The van der Waals surface area contributed by atoms with Crippen LogP contribution in [0, 0.1) is 0 Å². The van der Waals surface area contributed by atoms with Gasteiger partial charge in [0.1, 0.15) is 5.82 Å². The molecule has 2 aliphatic rings. The van der Waals surface area contributed by atoms with Gasteiger partial charge in [-0.15, -0.1) is 0 Å². The summed E-state index contributed by atoms with van der Waals surface area (Å²) in [6.45, 7) is 0.529. The summed E-state index contributed by atoms with van der Waals surface area (Å²) in [5.41, 5.74) is 4.85. The summed E-state index contributed by atoms with van der Waals surface area (Å²) in [6, 6.07) is 25.0. The standard InChI is InChI=1S/C34H29ClN4O3/c35-26-10-4-9-25(18-26)34(13-14-34)33-37-29-12-5-15-39(20-27(29)31(41)38-33)32(42)30(40)23-8-3-7-21(16-23)24-17-22-6-1-2-11-28(22)36-19-24/h1-4,6-11,16-19,30,40H,5,12-15,20H2,(H,37,38,41). The van der Waals surface area contributed by atoms with Gasteiger partial charge in [-0.2, -0.15) is 0 Å². The topological polar surface area (TPSA) is 99.2 Å². The molecule has 42 heavy (non-hydrogen) atoms. The summed E-state index contributed by atoms with van der Waals surface area (Å²) in [5.74, 6) is 0.228. The minimum Gasteiger partial charge on any atom is -0.378 e. The number of carbonyl (C=O) groups excluding carboxylic acids is 1. The molecular formula is C34H29ClN4O3. The molecule has 1 amide bonds. The van der Waals surface area contributed by atoms with Crippen molar-refractivity contribution in [2.75, 3.05) is 6.54 Å². The Morgan fingerprint density at radius 2 is 1.83 bits per heavy atom. The molecule has 1 saturated carbocycles. The average Bonchev–Trinajstić information content (AvgIpc) is 3.85. The van der Waals surface area contributed by atoms with Gasteiger partial charge in [-0.3, -0.25) is 14.6 Å². The summed E-state index contributed by atoms with van der Waals surface area (Å²) in [4.78, 5) is 41.0. The molecule has 0 radical (unpaired) electrons. The Balaban J connectivity index is 1.13. The molecule has 1 atom stereocenters. The SMILES string of the molecule is O=C(C(O)c1cccc(-c2cnc3ccccc3c2)c1)N1CCCc2nc(C3(c4cccc(Cl)c4)CC3)[nH]c(=O)c2C1. The minimum atomic E-state index is -1.36. The maximum atomic E-state index is 13.6. The lowest BCUT2D eigenvalue weighted by atomic mass is 9.94. The molecule has 5 aromatic rings. The predicted molar refractivity (Wildman–Crippen MR) is 162 cm³/mol. The molecule has 1 unspecified atom stereocenters. The van der Waals surface area contributed by atoms with Gasteiger partial charge in [0.25, 0.3) is 11.5 Å². The van der Waals surface area contributed by atoms with Crippen LogP contribution in [0.15, 0.2) is 89.9 Å². The molecule has 0 saturated heterocycles. The Morgan fingerprint density at radius 3 is 2.67 bits per heavy atom. The molecule has 7 rings (SSSR count). The largest absolute Gasteiger partial charge is 0.378 e. The second kappa shape index (κ2) is 10.5. The highest BCUT2D eigenvalue weighted by atomic mass is 35.5. The number of benzene rings is 3. The number of H-pyrrole nitrogens is 1. The van der Waals surface area contributed by atoms with Crippen molar-refractivity contribution in [3.63, 3.8) is 0 Å². The normalized spacial score (nSPS) is 16.5. The van der Waals surface area contributed by atoms with Crippen LogP contribution in [0.2, 0.25) is 5.02 Å². The van der Waals surface area contributed by atoms with E-state index < -0.39 is 12.0 Å². The highest BCUT2D eigenvalue weighted by molar-refractivity contribution is 6.30. The number of fused-ring (bicyclic) bond motifs is 2. The van der Waals surface area contributed by atoms with Crippen molar-refractivity contribution in [3.8, 4) is 11.1 Å². The lowest BCUT2D eigenvalue weighted by molar-refractivity contribution is -0.141. The third kappa shape index (κ3) is 4.78. The average molecular weight is 577 g/mol. The number of nitrogens with zero attached hydrogens (tertiary/aromatic N) is 3. The fraction of sp³-hybridized carbons (Fsp3) is 0.235. The number of aromatic nitrogens is 3. The molecule has 210 valence electrons. The van der Waals surface area contributed by atoms with Gasteiger partial charge >= 0.3 is 0 Å². The molecule has 2 N–H and O–H groups in total. The number of aromatic amines is 1. The molecule has 0 bridgehead atoms. The molecule has 8 heteroatoms. The summed E-state index contributed by atoms with van der Waals surface area (Å²) < 4.78 is 0. The van der Waals surface area contributed by atoms with Crippen LogP contribution in [0.4, 0.5) is 0 Å². The van der Waals surface area contributed by atoms with Crippen molar-refractivity contribution in [2.45, 2.75) is 43.7 Å². The maximum absolute atomic E-state index is 13.6. The lowest BCUT2D eigenvalue weighted by Gasteiger charge is -2.24. The van der Waals surface area contributed by atoms with Crippen LogP contribution in [0.3, 0.4) is 0 Å². The van der Waals surface area contributed by atoms with Crippen molar-refractivity contribution in [2.24, 2.45) is 0 Å². The number of nitrogens with one attached hydrogen (secondary N) is 1. The Kier molecular flexibility index (Phi) is 6.64. The Bertz CT molecular complexity index is 1900. The summed E-state index contributed by atoms with van der Waals surface area (Å²) in [7, 11) is 0. The molecule has 3 aromatic carbocycles. The Hall–Kier alpha value is -4.33. The Labute approximate surface area is 247 Å². The number of pyridine rings is 1. The third-order valence-corrected chi connectivity index (χ3v) is 8.78. The molecule has 1 aliphatic heterocycles. The van der Waals surface area contributed by atoms with Crippen molar-refractivity contribution in [1.82, 2.24) is 19.9 Å². The van der Waals surface area contributed by atoms with E-state index in [1.807, 2.05) is 72.8 Å². The summed E-state index contributed by atoms with van der Waals surface area (Å²) in [6.07, 6.45) is 3.45. The fourth-order valence-corrected chi connectivity index (χ4v) is 6.23. The van der Waals surface area contributed by atoms with Gasteiger partial charge in [0.05, 0.1) is 28.7 Å². The van der Waals surface area contributed by atoms with Crippen LogP contribution in [0.5, 0.6) is 0 Å². The number of amides is 1. The van der Waals surface area contributed by atoms with Crippen LogP contribution < -0.4 is 5.56 Å². The first-order valence-electron chi connectivity index (χ1n) is 14.2. The van der Waals surface area contributed by atoms with Gasteiger partial charge in [0.2, 0.25) is 0 Å². The molecule has 1 aliphatic carbocycles. The van der Waals surface area contributed by atoms with E-state index in [1.165, 1.54) is 0 Å². The first-order chi connectivity index (χ1) is 20.4. The number of aliphatic hydroxyl groups is 1. The van der Waals surface area contributed by atoms with E-state index in [-0.39, 0.29) is 17.5 Å². The summed E-state index contributed by atoms with van der Waals surface area (Å²) in [5, 5.41) is 12.9. The van der Waals surface area contributed by atoms with Gasteiger partial charge in [0, 0.05) is 28.7 Å². The van der Waals surface area contributed by atoms with E-state index in [2.05, 4.69) is 9.97 Å². The molecule has 2 aromatic heterocycles. The van der Waals surface area contributed by atoms with E-state index in [4.69, 9.17) is 16.6 Å². The van der Waals surface area contributed by atoms with Crippen LogP contribution in [0.25, 0.3) is 22.0 Å². The number of para-hydroxylation sites is 1. The highest BCUT2D eigenvalue weighted by Crippen LogP contribution is 2.52. The zero-order chi connectivity index (χ0) is 28.8. The van der Waals surface area contributed by atoms with Crippen LogP contribution in [-0.4, -0.2) is 37.4 Å². The second-order valence-corrected chi connectivity index (χ2v) is 11.7. The quantitative estimate of drug-likeness (QED) is 0.278. The van der Waals surface area contributed by atoms with Gasteiger partial charge in [0.15, 0.2) is 6.10 Å². The van der Waals surface area contributed by atoms with E-state index in [9.17, 15) is 14.7 Å². The van der Waals surface area contributed by atoms with Crippen LogP contribution in [0.1, 0.15) is 53.6 Å². The van der Waals surface area contributed by atoms with Crippen molar-refractivity contribution >= 4 is 28.4 Å². The highest BCUT2D eigenvalue weighted by Gasteiger charge is 2.48. The molecule has 1 fully saturated rings. The zero-order valence-electron chi connectivity index (χ0n) is 22.9. The van der Waals surface area contributed by atoms with Crippen molar-refractivity contribution < 1.29 is 9.90 Å². The maximum Gasteiger partial charge on any atom is 0.256 e. The van der Waals surface area contributed by atoms with E-state index in [0.29, 0.717) is 41.4 Å². The van der Waals surface area contributed by atoms with E-state index in [0.717, 1.165) is 46.1 Å². The molecule has 0 spiro atoms. The zero-order valence-corrected chi connectivity index (χ0v) is 23.6. The minimum absolute atomic E-state index is 0.103. The third-order valence-electron chi connectivity index (χ3n) is 8.54. The number of hydrogen-bond donors (Lipinski definition) is 2. The number of aliphatic hydroxyl groups excluding tert-OH is 1. The molecule has 3 heterocycles. The molecule has 7 nitrogen and oxygen atoms in total. The van der Waals surface area contributed by atoms with E-state index >= 15 is 0 Å². The van der Waals surface area contributed by atoms with E-state index in [1.54, 1.807) is 17.2 Å². The number of aryl methyl sites for hydroxylation is 1. The van der Waals surface area contributed by atoms with Crippen LogP contribution in [-0.2, 0) is 23.2 Å². The van der Waals surface area contributed by atoms with Gasteiger partial charge in [-0.05, 0) is 72.7 Å². The van der Waals surface area contributed by atoms with Gasteiger partial charge < -0.3 is 15.0 Å². The first-order valence-corrected chi connectivity index (χ1v) is 14.6. The van der Waals surface area contributed by atoms with Gasteiger partial charge in [-0.1, -0.05) is 60.1 Å². The fourth-order valence-electron chi connectivity index (χ4n) is 6.04. The lowest BCUT2D eigenvalue weighted by Crippen LogP contribution is -2.36.